The highest BCUT2D eigenvalue weighted by molar-refractivity contribution is 6.44. The number of aromatic nitrogens is 1. The molecule has 0 aliphatic carbocycles. The van der Waals surface area contributed by atoms with Crippen LogP contribution in [0.5, 0.6) is 5.75 Å². The zero-order chi connectivity index (χ0) is 17.9. The number of amides is 1. The van der Waals surface area contributed by atoms with E-state index in [-0.39, 0.29) is 22.4 Å². The highest BCUT2D eigenvalue weighted by Gasteiger charge is 2.10. The minimum absolute atomic E-state index is 0.202. The number of benzene rings is 1. The predicted molar refractivity (Wildman–Crippen MR) is 97.6 cm³/mol. The first kappa shape index (κ1) is 18.6. The number of halogens is 3. The molecule has 5 nitrogen and oxygen atoms in total. The Balaban J connectivity index is 1.92. The van der Waals surface area contributed by atoms with Gasteiger partial charge in [-0.2, -0.15) is 5.10 Å². The number of rotatable bonds is 5. The molecule has 8 heteroatoms. The zero-order valence-electron chi connectivity index (χ0n) is 13.4. The lowest BCUT2D eigenvalue weighted by Crippen LogP contribution is -2.24. The minimum Gasteiger partial charge on any atom is -0.482 e. The zero-order valence-corrected chi connectivity index (χ0v) is 15.6. The maximum atomic E-state index is 11.8. The lowest BCUT2D eigenvalue weighted by atomic mass is 10.3. The molecule has 24 heavy (non-hydrogen) atoms. The predicted octanol–water partition coefficient (Wildman–Crippen LogP) is 4.13. The molecule has 128 valence electrons. The van der Waals surface area contributed by atoms with Crippen molar-refractivity contribution in [2.24, 2.45) is 12.1 Å². The van der Waals surface area contributed by atoms with Crippen LogP contribution < -0.4 is 10.2 Å². The summed E-state index contributed by atoms with van der Waals surface area (Å²) in [6, 6.07) is 4.96. The van der Waals surface area contributed by atoms with Crippen LogP contribution in [0, 0.1) is 13.8 Å². The Morgan fingerprint density at radius 3 is 2.62 bits per heavy atom. The number of hydrazone groups is 1. The molecule has 0 saturated heterocycles. The van der Waals surface area contributed by atoms with Crippen LogP contribution in [0.1, 0.15) is 17.0 Å². The van der Waals surface area contributed by atoms with Crippen LogP contribution in [-0.2, 0) is 11.8 Å². The van der Waals surface area contributed by atoms with E-state index in [1.54, 1.807) is 6.21 Å². The lowest BCUT2D eigenvalue weighted by Gasteiger charge is -2.08. The molecule has 2 aromatic rings. The monoisotopic (exact) mass is 387 g/mol. The van der Waals surface area contributed by atoms with Gasteiger partial charge >= 0.3 is 0 Å². The molecule has 0 unspecified atom stereocenters. The molecule has 0 radical (unpaired) electrons. The molecule has 2 rings (SSSR count). The van der Waals surface area contributed by atoms with Crippen LogP contribution in [-0.4, -0.2) is 23.3 Å². The number of carbonyl (C=O) groups excluding carboxylic acids is 1. The number of nitrogens with one attached hydrogen (secondary N) is 1. The molecule has 0 fully saturated rings. The highest BCUT2D eigenvalue weighted by atomic mass is 35.5. The summed E-state index contributed by atoms with van der Waals surface area (Å²) in [5, 5.41) is 4.75. The Hall–Kier alpha value is -1.69. The second-order valence-electron chi connectivity index (χ2n) is 5.17. The minimum atomic E-state index is -0.427. The van der Waals surface area contributed by atoms with E-state index in [1.165, 1.54) is 12.1 Å². The summed E-state index contributed by atoms with van der Waals surface area (Å²) in [4.78, 5) is 11.8. The third kappa shape index (κ3) is 4.44. The van der Waals surface area contributed by atoms with Gasteiger partial charge in [-0.25, -0.2) is 5.43 Å². The fourth-order valence-corrected chi connectivity index (χ4v) is 2.64. The van der Waals surface area contributed by atoms with Gasteiger partial charge in [-0.3, -0.25) is 4.79 Å². The number of nitrogens with zero attached hydrogens (tertiary/aromatic N) is 2. The summed E-state index contributed by atoms with van der Waals surface area (Å²) >= 11 is 17.8. The lowest BCUT2D eigenvalue weighted by molar-refractivity contribution is -0.123. The summed E-state index contributed by atoms with van der Waals surface area (Å²) in [6.07, 6.45) is 1.59. The SMILES string of the molecule is Cc1cc(/C=N\NC(=O)COc2cc(Cl)cc(Cl)c2Cl)c(C)n1C. The largest absolute Gasteiger partial charge is 0.482 e. The maximum absolute atomic E-state index is 11.8. The average Bonchev–Trinajstić information content (AvgIpc) is 2.76. The Morgan fingerprint density at radius 2 is 2.00 bits per heavy atom. The molecule has 1 amide bonds. The van der Waals surface area contributed by atoms with Crippen molar-refractivity contribution in [1.82, 2.24) is 9.99 Å². The van der Waals surface area contributed by atoms with Crippen LogP contribution in [0.25, 0.3) is 0 Å². The van der Waals surface area contributed by atoms with Gasteiger partial charge in [0.25, 0.3) is 5.91 Å². The van der Waals surface area contributed by atoms with Gasteiger partial charge in [0.15, 0.2) is 6.61 Å². The van der Waals surface area contributed by atoms with E-state index in [4.69, 9.17) is 39.5 Å². The van der Waals surface area contributed by atoms with Crippen LogP contribution in [0.15, 0.2) is 23.3 Å². The normalized spacial score (nSPS) is 11.1. The highest BCUT2D eigenvalue weighted by Crippen LogP contribution is 2.35. The van der Waals surface area contributed by atoms with Gasteiger partial charge in [-0.15, -0.1) is 0 Å². The molecule has 1 N–H and O–H groups in total. The Labute approximate surface area is 155 Å². The average molecular weight is 389 g/mol. The molecule has 0 aliphatic rings. The van der Waals surface area contributed by atoms with Gasteiger partial charge in [0.05, 0.1) is 11.2 Å². The number of ether oxygens (including phenoxy) is 1. The molecule has 1 heterocycles. The molecular formula is C16H16Cl3N3O2. The van der Waals surface area contributed by atoms with Crippen molar-refractivity contribution in [2.75, 3.05) is 6.61 Å². The van der Waals surface area contributed by atoms with Crippen LogP contribution in [0.3, 0.4) is 0 Å². The number of carbonyl (C=O) groups is 1. The van der Waals surface area contributed by atoms with E-state index in [2.05, 4.69) is 10.5 Å². The number of hydrogen-bond donors (Lipinski definition) is 1. The van der Waals surface area contributed by atoms with Crippen molar-refractivity contribution in [3.8, 4) is 5.75 Å². The smallest absolute Gasteiger partial charge is 0.277 e. The van der Waals surface area contributed by atoms with Gasteiger partial charge in [0, 0.05) is 35.1 Å². The van der Waals surface area contributed by atoms with Crippen LogP contribution >= 0.6 is 34.8 Å². The molecule has 0 aliphatic heterocycles. The van der Waals surface area contributed by atoms with E-state index in [0.29, 0.717) is 5.02 Å². The van der Waals surface area contributed by atoms with Crippen LogP contribution in [0.2, 0.25) is 15.1 Å². The van der Waals surface area contributed by atoms with Crippen molar-refractivity contribution in [1.29, 1.82) is 0 Å². The fourth-order valence-electron chi connectivity index (χ4n) is 2.00. The van der Waals surface area contributed by atoms with Gasteiger partial charge in [-0.1, -0.05) is 34.8 Å². The summed E-state index contributed by atoms with van der Waals surface area (Å²) in [5.74, 6) is -0.188. The molecule has 0 atom stereocenters. The van der Waals surface area contributed by atoms with Crippen molar-refractivity contribution < 1.29 is 9.53 Å². The Kier molecular flexibility index (Phi) is 6.15. The van der Waals surface area contributed by atoms with E-state index >= 15 is 0 Å². The quantitative estimate of drug-likeness (QED) is 0.475. The molecular weight excluding hydrogens is 373 g/mol. The summed E-state index contributed by atoms with van der Waals surface area (Å²) < 4.78 is 7.36. The Bertz CT molecular complexity index is 800. The Morgan fingerprint density at radius 1 is 1.29 bits per heavy atom. The summed E-state index contributed by atoms with van der Waals surface area (Å²) in [6.45, 7) is 3.71. The van der Waals surface area contributed by atoms with Gasteiger partial charge in [0.1, 0.15) is 10.8 Å². The van der Waals surface area contributed by atoms with Crippen molar-refractivity contribution in [3.05, 3.63) is 50.2 Å². The third-order valence-electron chi connectivity index (χ3n) is 3.53. The van der Waals surface area contributed by atoms with Gasteiger partial charge in [-0.05, 0) is 26.0 Å². The standard InChI is InChI=1S/C16H16Cl3N3O2/c1-9-4-11(10(2)22(9)3)7-20-21-15(23)8-24-14-6-12(17)5-13(18)16(14)19/h4-7H,8H2,1-3H3,(H,21,23)/b20-7-. The number of hydrogen-bond acceptors (Lipinski definition) is 3. The topological polar surface area (TPSA) is 55.6 Å². The van der Waals surface area contributed by atoms with Crippen molar-refractivity contribution in [3.63, 3.8) is 0 Å². The molecule has 1 aromatic heterocycles. The third-order valence-corrected chi connectivity index (χ3v) is 4.53. The van der Waals surface area contributed by atoms with E-state index in [9.17, 15) is 4.79 Å². The first-order chi connectivity index (χ1) is 11.3. The molecule has 0 bridgehead atoms. The first-order valence-electron chi connectivity index (χ1n) is 7.01. The van der Waals surface area contributed by atoms with Gasteiger partial charge in [0.2, 0.25) is 0 Å². The number of aryl methyl sites for hydroxylation is 1. The first-order valence-corrected chi connectivity index (χ1v) is 8.15. The van der Waals surface area contributed by atoms with Crippen molar-refractivity contribution >= 4 is 46.9 Å². The maximum Gasteiger partial charge on any atom is 0.277 e. The van der Waals surface area contributed by atoms with E-state index < -0.39 is 5.91 Å². The fraction of sp³-hybridized carbons (Fsp3) is 0.250. The molecule has 0 spiro atoms. The summed E-state index contributed by atoms with van der Waals surface area (Å²) in [5.41, 5.74) is 5.49. The van der Waals surface area contributed by atoms with Crippen molar-refractivity contribution in [2.45, 2.75) is 13.8 Å². The van der Waals surface area contributed by atoms with E-state index in [0.717, 1.165) is 17.0 Å². The molecule has 0 saturated carbocycles. The van der Waals surface area contributed by atoms with Crippen LogP contribution in [0.4, 0.5) is 0 Å². The second kappa shape index (κ2) is 7.92. The van der Waals surface area contributed by atoms with E-state index in [1.807, 2.05) is 31.5 Å². The second-order valence-corrected chi connectivity index (χ2v) is 6.39. The summed E-state index contributed by atoms with van der Waals surface area (Å²) in [7, 11) is 1.97. The molecule has 1 aromatic carbocycles. The van der Waals surface area contributed by atoms with Gasteiger partial charge < -0.3 is 9.30 Å².